The van der Waals surface area contributed by atoms with E-state index < -0.39 is 0 Å². The van der Waals surface area contributed by atoms with Crippen LogP contribution in [0.5, 0.6) is 11.5 Å². The van der Waals surface area contributed by atoms with Crippen molar-refractivity contribution in [3.8, 4) is 11.5 Å². The minimum atomic E-state index is 0.524. The number of rotatable bonds is 13. The molecule has 148 valence electrons. The summed E-state index contributed by atoms with van der Waals surface area (Å²) >= 11 is 0. The molecule has 1 atom stereocenters. The molecule has 2 rings (SSSR count). The summed E-state index contributed by atoms with van der Waals surface area (Å²) in [6.07, 6.45) is 6.80. The van der Waals surface area contributed by atoms with Gasteiger partial charge in [-0.1, -0.05) is 63.1 Å². The van der Waals surface area contributed by atoms with E-state index in [1.165, 1.54) is 36.8 Å². The standard InChI is InChI=1S/C24H35NO2/c1-4-6-12-22(25-16-5-2)18-21-13-14-23(26-3)24(19-21)27-17-15-20-10-8-7-9-11-20/h7-11,13-14,19,22,25H,4-6,12,15-18H2,1-3H3/t22-/m1/s1. The molecule has 0 spiro atoms. The zero-order valence-electron chi connectivity index (χ0n) is 17.2. The van der Waals surface area contributed by atoms with E-state index in [0.717, 1.165) is 30.9 Å². The van der Waals surface area contributed by atoms with E-state index in [9.17, 15) is 0 Å². The number of hydrogen-bond acceptors (Lipinski definition) is 3. The largest absolute Gasteiger partial charge is 0.493 e. The van der Waals surface area contributed by atoms with Crippen LogP contribution in [0.4, 0.5) is 0 Å². The predicted octanol–water partition coefficient (Wildman–Crippen LogP) is 5.42. The second kappa shape index (κ2) is 12.4. The van der Waals surface area contributed by atoms with E-state index in [-0.39, 0.29) is 0 Å². The van der Waals surface area contributed by atoms with Gasteiger partial charge in [0.1, 0.15) is 0 Å². The van der Waals surface area contributed by atoms with Crippen molar-refractivity contribution in [2.45, 2.75) is 58.4 Å². The lowest BCUT2D eigenvalue weighted by atomic mass is 10.0. The third-order valence-electron chi connectivity index (χ3n) is 4.79. The van der Waals surface area contributed by atoms with Gasteiger partial charge in [-0.15, -0.1) is 0 Å². The lowest BCUT2D eigenvalue weighted by Gasteiger charge is -2.19. The number of unbranched alkanes of at least 4 members (excludes halogenated alkanes) is 1. The number of ether oxygens (including phenoxy) is 2. The van der Waals surface area contributed by atoms with Crippen molar-refractivity contribution >= 4 is 0 Å². The maximum absolute atomic E-state index is 6.07. The Labute approximate surface area is 165 Å². The van der Waals surface area contributed by atoms with Crippen LogP contribution in [0, 0.1) is 0 Å². The normalized spacial score (nSPS) is 12.0. The smallest absolute Gasteiger partial charge is 0.161 e. The van der Waals surface area contributed by atoms with Gasteiger partial charge < -0.3 is 14.8 Å². The van der Waals surface area contributed by atoms with Crippen LogP contribution in [0.3, 0.4) is 0 Å². The Bertz CT molecular complexity index is 634. The van der Waals surface area contributed by atoms with Crippen molar-refractivity contribution in [2.24, 2.45) is 0 Å². The molecule has 0 aromatic heterocycles. The van der Waals surface area contributed by atoms with E-state index in [0.29, 0.717) is 12.6 Å². The van der Waals surface area contributed by atoms with Crippen LogP contribution >= 0.6 is 0 Å². The molecule has 0 bridgehead atoms. The number of nitrogens with one attached hydrogen (secondary N) is 1. The Morgan fingerprint density at radius 3 is 2.44 bits per heavy atom. The number of methoxy groups -OCH3 is 1. The Kier molecular flexibility index (Phi) is 9.78. The van der Waals surface area contributed by atoms with Crippen molar-refractivity contribution in [3.05, 3.63) is 59.7 Å². The van der Waals surface area contributed by atoms with E-state index in [4.69, 9.17) is 9.47 Å². The molecule has 3 nitrogen and oxygen atoms in total. The SMILES string of the molecule is CCCC[C@H](Cc1ccc(OC)c(OCCc2ccccc2)c1)NCCC. The van der Waals surface area contributed by atoms with Gasteiger partial charge in [0.05, 0.1) is 13.7 Å². The van der Waals surface area contributed by atoms with Crippen molar-refractivity contribution < 1.29 is 9.47 Å². The van der Waals surface area contributed by atoms with E-state index in [1.807, 2.05) is 12.1 Å². The average molecular weight is 370 g/mol. The fourth-order valence-corrected chi connectivity index (χ4v) is 3.24. The molecule has 2 aromatic rings. The highest BCUT2D eigenvalue weighted by Crippen LogP contribution is 2.29. The molecular formula is C24H35NO2. The fourth-order valence-electron chi connectivity index (χ4n) is 3.24. The molecule has 0 saturated carbocycles. The maximum atomic E-state index is 6.07. The van der Waals surface area contributed by atoms with Gasteiger partial charge in [0.25, 0.3) is 0 Å². The summed E-state index contributed by atoms with van der Waals surface area (Å²) in [6.45, 7) is 6.20. The molecule has 3 heteroatoms. The summed E-state index contributed by atoms with van der Waals surface area (Å²) < 4.78 is 11.6. The summed E-state index contributed by atoms with van der Waals surface area (Å²) in [6, 6.07) is 17.3. The zero-order chi connectivity index (χ0) is 19.3. The first-order valence-corrected chi connectivity index (χ1v) is 10.3. The molecule has 2 aromatic carbocycles. The van der Waals surface area contributed by atoms with Crippen LogP contribution in [0.1, 0.15) is 50.7 Å². The third kappa shape index (κ3) is 7.64. The van der Waals surface area contributed by atoms with Gasteiger partial charge in [-0.3, -0.25) is 0 Å². The summed E-state index contributed by atoms with van der Waals surface area (Å²) in [5.41, 5.74) is 2.59. The molecule has 0 aliphatic carbocycles. The van der Waals surface area contributed by atoms with Gasteiger partial charge in [0, 0.05) is 12.5 Å². The third-order valence-corrected chi connectivity index (χ3v) is 4.79. The lowest BCUT2D eigenvalue weighted by Crippen LogP contribution is -2.31. The molecule has 0 unspecified atom stereocenters. The molecule has 0 radical (unpaired) electrons. The molecule has 0 saturated heterocycles. The van der Waals surface area contributed by atoms with Gasteiger partial charge in [0.2, 0.25) is 0 Å². The van der Waals surface area contributed by atoms with Crippen LogP contribution in [-0.4, -0.2) is 26.3 Å². The second-order valence-electron chi connectivity index (χ2n) is 7.07. The first-order valence-electron chi connectivity index (χ1n) is 10.3. The van der Waals surface area contributed by atoms with Gasteiger partial charge in [-0.05, 0) is 49.1 Å². The van der Waals surface area contributed by atoms with Crippen LogP contribution in [0.25, 0.3) is 0 Å². The minimum absolute atomic E-state index is 0.524. The summed E-state index contributed by atoms with van der Waals surface area (Å²) in [5, 5.41) is 3.69. The monoisotopic (exact) mass is 369 g/mol. The van der Waals surface area contributed by atoms with Crippen molar-refractivity contribution in [1.82, 2.24) is 5.32 Å². The van der Waals surface area contributed by atoms with E-state index in [1.54, 1.807) is 7.11 Å². The second-order valence-corrected chi connectivity index (χ2v) is 7.07. The average Bonchev–Trinajstić information content (AvgIpc) is 2.71. The first-order chi connectivity index (χ1) is 13.3. The predicted molar refractivity (Wildman–Crippen MR) is 114 cm³/mol. The highest BCUT2D eigenvalue weighted by molar-refractivity contribution is 5.43. The van der Waals surface area contributed by atoms with Crippen molar-refractivity contribution in [2.75, 3.05) is 20.3 Å². The Morgan fingerprint density at radius 2 is 1.74 bits per heavy atom. The van der Waals surface area contributed by atoms with Crippen LogP contribution in [-0.2, 0) is 12.8 Å². The van der Waals surface area contributed by atoms with Crippen LogP contribution < -0.4 is 14.8 Å². The summed E-state index contributed by atoms with van der Waals surface area (Å²) in [4.78, 5) is 0. The Morgan fingerprint density at radius 1 is 0.926 bits per heavy atom. The van der Waals surface area contributed by atoms with Gasteiger partial charge in [0.15, 0.2) is 11.5 Å². The zero-order valence-corrected chi connectivity index (χ0v) is 17.2. The molecule has 0 aliphatic rings. The number of benzene rings is 2. The molecule has 0 fully saturated rings. The van der Waals surface area contributed by atoms with Gasteiger partial charge in [-0.2, -0.15) is 0 Å². The fraction of sp³-hybridized carbons (Fsp3) is 0.500. The molecule has 1 N–H and O–H groups in total. The van der Waals surface area contributed by atoms with Gasteiger partial charge >= 0.3 is 0 Å². The Balaban J connectivity index is 1.99. The summed E-state index contributed by atoms with van der Waals surface area (Å²) in [5.74, 6) is 1.65. The van der Waals surface area contributed by atoms with Crippen molar-refractivity contribution in [1.29, 1.82) is 0 Å². The number of hydrogen-bond donors (Lipinski definition) is 1. The molecule has 0 heterocycles. The quantitative estimate of drug-likeness (QED) is 0.511. The Hall–Kier alpha value is -2.00. The molecule has 0 amide bonds. The summed E-state index contributed by atoms with van der Waals surface area (Å²) in [7, 11) is 1.70. The maximum Gasteiger partial charge on any atom is 0.161 e. The molecule has 0 aliphatic heterocycles. The van der Waals surface area contributed by atoms with E-state index >= 15 is 0 Å². The topological polar surface area (TPSA) is 30.5 Å². The van der Waals surface area contributed by atoms with Crippen LogP contribution in [0.2, 0.25) is 0 Å². The molecule has 27 heavy (non-hydrogen) atoms. The van der Waals surface area contributed by atoms with E-state index in [2.05, 4.69) is 55.6 Å². The van der Waals surface area contributed by atoms with Crippen LogP contribution in [0.15, 0.2) is 48.5 Å². The van der Waals surface area contributed by atoms with Crippen molar-refractivity contribution in [3.63, 3.8) is 0 Å². The molecular weight excluding hydrogens is 334 g/mol. The highest BCUT2D eigenvalue weighted by Gasteiger charge is 2.12. The van der Waals surface area contributed by atoms with Gasteiger partial charge in [-0.25, -0.2) is 0 Å². The first kappa shape index (κ1) is 21.3. The minimum Gasteiger partial charge on any atom is -0.493 e. The lowest BCUT2D eigenvalue weighted by molar-refractivity contribution is 0.297. The highest BCUT2D eigenvalue weighted by atomic mass is 16.5.